The molecule has 3 nitrogen and oxygen atoms in total. The van der Waals surface area contributed by atoms with Crippen molar-refractivity contribution in [3.8, 4) is 0 Å². The Morgan fingerprint density at radius 1 is 1.67 bits per heavy atom. The predicted molar refractivity (Wildman–Crippen MR) is 36.2 cm³/mol. The largest absolute Gasteiger partial charge is 0.316 e. The minimum atomic E-state index is 0.0613. The molecule has 1 rings (SSSR count). The summed E-state index contributed by atoms with van der Waals surface area (Å²) in [7, 11) is 0. The fraction of sp³-hybridized carbons (Fsp3) is 1.00. The van der Waals surface area contributed by atoms with Gasteiger partial charge in [0.05, 0.1) is 6.04 Å². The van der Waals surface area contributed by atoms with Crippen molar-refractivity contribution in [2.75, 3.05) is 13.1 Å². The molecule has 1 aliphatic rings. The first-order chi connectivity index (χ1) is 4.34. The third-order valence-electron chi connectivity index (χ3n) is 1.88. The molecule has 0 saturated carbocycles. The van der Waals surface area contributed by atoms with Gasteiger partial charge in [0.15, 0.2) is 0 Å². The molecule has 1 aliphatic heterocycles. The molecule has 9 heavy (non-hydrogen) atoms. The smallest absolute Gasteiger partial charge is 0.0969 e. The first-order valence-electron chi connectivity index (χ1n) is 3.38. The van der Waals surface area contributed by atoms with Gasteiger partial charge in [-0.25, -0.2) is 0 Å². The van der Waals surface area contributed by atoms with Crippen LogP contribution in [0.1, 0.15) is 13.3 Å². The standard InChI is InChI=1S/C6H12N2O/c1-5-4-7-3-2-6(5)8-9/h5-7H,2-4H2,1H3. The number of nitrogens with zero attached hydrogens (tertiary/aromatic N) is 1. The zero-order valence-electron chi connectivity index (χ0n) is 5.63. The summed E-state index contributed by atoms with van der Waals surface area (Å²) in [5.41, 5.74) is 0. The SMILES string of the molecule is CC1CNCCC1N=O. The Hall–Kier alpha value is -0.440. The minimum Gasteiger partial charge on any atom is -0.316 e. The Bertz CT molecular complexity index is 105. The lowest BCUT2D eigenvalue weighted by atomic mass is 9.96. The lowest BCUT2D eigenvalue weighted by molar-refractivity contribution is 0.349. The fourth-order valence-corrected chi connectivity index (χ4v) is 1.16. The summed E-state index contributed by atoms with van der Waals surface area (Å²) >= 11 is 0. The van der Waals surface area contributed by atoms with Crippen LogP contribution in [0.2, 0.25) is 0 Å². The number of hydrogen-bond acceptors (Lipinski definition) is 3. The lowest BCUT2D eigenvalue weighted by Crippen LogP contribution is -2.37. The highest BCUT2D eigenvalue weighted by atomic mass is 16.3. The van der Waals surface area contributed by atoms with E-state index >= 15 is 0 Å². The molecule has 0 amide bonds. The van der Waals surface area contributed by atoms with Crippen LogP contribution in [0.25, 0.3) is 0 Å². The van der Waals surface area contributed by atoms with Crippen molar-refractivity contribution in [3.63, 3.8) is 0 Å². The molecule has 2 unspecified atom stereocenters. The molecular weight excluding hydrogens is 116 g/mol. The van der Waals surface area contributed by atoms with E-state index in [0.717, 1.165) is 19.5 Å². The molecule has 0 radical (unpaired) electrons. The molecule has 52 valence electrons. The van der Waals surface area contributed by atoms with E-state index < -0.39 is 0 Å². The Labute approximate surface area is 54.8 Å². The van der Waals surface area contributed by atoms with Gasteiger partial charge in [-0.15, -0.1) is 0 Å². The molecule has 0 bridgehead atoms. The van der Waals surface area contributed by atoms with Crippen LogP contribution in [0.4, 0.5) is 0 Å². The highest BCUT2D eigenvalue weighted by molar-refractivity contribution is 4.79. The van der Waals surface area contributed by atoms with Gasteiger partial charge in [-0.05, 0) is 25.4 Å². The molecule has 1 fully saturated rings. The summed E-state index contributed by atoms with van der Waals surface area (Å²) in [5.74, 6) is 0.427. The molecule has 1 N–H and O–H groups in total. The first-order valence-corrected chi connectivity index (χ1v) is 3.38. The molecule has 0 aromatic heterocycles. The van der Waals surface area contributed by atoms with Crippen LogP contribution < -0.4 is 5.32 Å². The third-order valence-corrected chi connectivity index (χ3v) is 1.88. The molecule has 1 heterocycles. The van der Waals surface area contributed by atoms with Crippen molar-refractivity contribution < 1.29 is 0 Å². The quantitative estimate of drug-likeness (QED) is 0.529. The Balaban J connectivity index is 2.38. The van der Waals surface area contributed by atoms with Crippen LogP contribution in [-0.4, -0.2) is 19.1 Å². The summed E-state index contributed by atoms with van der Waals surface area (Å²) in [5, 5.41) is 6.24. The van der Waals surface area contributed by atoms with Gasteiger partial charge in [-0.1, -0.05) is 12.1 Å². The van der Waals surface area contributed by atoms with Gasteiger partial charge in [0.25, 0.3) is 0 Å². The number of hydrogen-bond donors (Lipinski definition) is 1. The van der Waals surface area contributed by atoms with E-state index in [0.29, 0.717) is 5.92 Å². The third kappa shape index (κ3) is 1.48. The summed E-state index contributed by atoms with van der Waals surface area (Å²) in [4.78, 5) is 10.1. The van der Waals surface area contributed by atoms with Crippen molar-refractivity contribution in [2.24, 2.45) is 11.1 Å². The van der Waals surface area contributed by atoms with E-state index in [1.165, 1.54) is 0 Å². The number of nitroso groups, excluding NO2 is 1. The second-order valence-electron chi connectivity index (χ2n) is 2.64. The van der Waals surface area contributed by atoms with Crippen molar-refractivity contribution >= 4 is 0 Å². The van der Waals surface area contributed by atoms with Gasteiger partial charge in [-0.3, -0.25) is 0 Å². The van der Waals surface area contributed by atoms with Crippen LogP contribution in [-0.2, 0) is 0 Å². The Morgan fingerprint density at radius 3 is 2.89 bits per heavy atom. The van der Waals surface area contributed by atoms with Gasteiger partial charge >= 0.3 is 0 Å². The van der Waals surface area contributed by atoms with Gasteiger partial charge in [0, 0.05) is 0 Å². The maximum atomic E-state index is 10.1. The molecular formula is C6H12N2O. The van der Waals surface area contributed by atoms with Gasteiger partial charge < -0.3 is 5.32 Å². The molecule has 0 spiro atoms. The van der Waals surface area contributed by atoms with Crippen molar-refractivity contribution in [2.45, 2.75) is 19.4 Å². The van der Waals surface area contributed by atoms with Crippen LogP contribution in [0.5, 0.6) is 0 Å². The Morgan fingerprint density at radius 2 is 2.44 bits per heavy atom. The fourth-order valence-electron chi connectivity index (χ4n) is 1.16. The summed E-state index contributed by atoms with van der Waals surface area (Å²) in [6.45, 7) is 3.94. The first kappa shape index (κ1) is 6.68. The van der Waals surface area contributed by atoms with E-state index in [2.05, 4.69) is 17.4 Å². The van der Waals surface area contributed by atoms with Crippen molar-refractivity contribution in [1.29, 1.82) is 0 Å². The zero-order valence-corrected chi connectivity index (χ0v) is 5.63. The topological polar surface area (TPSA) is 41.5 Å². The normalized spacial score (nSPS) is 36.1. The van der Waals surface area contributed by atoms with Crippen molar-refractivity contribution in [1.82, 2.24) is 5.32 Å². The molecule has 0 aliphatic carbocycles. The van der Waals surface area contributed by atoms with Gasteiger partial charge in [0.1, 0.15) is 0 Å². The summed E-state index contributed by atoms with van der Waals surface area (Å²) < 4.78 is 0. The highest BCUT2D eigenvalue weighted by Gasteiger charge is 2.20. The van der Waals surface area contributed by atoms with E-state index in [1.807, 2.05) is 0 Å². The van der Waals surface area contributed by atoms with Crippen LogP contribution >= 0.6 is 0 Å². The van der Waals surface area contributed by atoms with E-state index in [-0.39, 0.29) is 6.04 Å². The monoisotopic (exact) mass is 128 g/mol. The average Bonchev–Trinajstić information content (AvgIpc) is 1.89. The maximum Gasteiger partial charge on any atom is 0.0969 e. The van der Waals surface area contributed by atoms with E-state index in [9.17, 15) is 4.91 Å². The van der Waals surface area contributed by atoms with E-state index in [1.54, 1.807) is 0 Å². The van der Waals surface area contributed by atoms with Crippen LogP contribution in [0.3, 0.4) is 0 Å². The highest BCUT2D eigenvalue weighted by Crippen LogP contribution is 2.12. The van der Waals surface area contributed by atoms with Crippen LogP contribution in [0, 0.1) is 10.8 Å². The number of rotatable bonds is 1. The van der Waals surface area contributed by atoms with Gasteiger partial charge in [0.2, 0.25) is 0 Å². The van der Waals surface area contributed by atoms with Crippen LogP contribution in [0.15, 0.2) is 5.18 Å². The number of piperidine rings is 1. The molecule has 2 atom stereocenters. The second kappa shape index (κ2) is 2.92. The molecule has 0 aromatic carbocycles. The summed E-state index contributed by atoms with van der Waals surface area (Å²) in [6, 6.07) is 0.0613. The number of nitrogens with one attached hydrogen (secondary N) is 1. The maximum absolute atomic E-state index is 10.1. The van der Waals surface area contributed by atoms with E-state index in [4.69, 9.17) is 0 Å². The average molecular weight is 128 g/mol. The predicted octanol–water partition coefficient (Wildman–Crippen LogP) is 0.751. The lowest BCUT2D eigenvalue weighted by Gasteiger charge is -2.23. The van der Waals surface area contributed by atoms with Gasteiger partial charge in [-0.2, -0.15) is 4.91 Å². The zero-order chi connectivity index (χ0) is 6.69. The molecule has 1 saturated heterocycles. The molecule has 0 aromatic rings. The summed E-state index contributed by atoms with van der Waals surface area (Å²) in [6.07, 6.45) is 0.907. The second-order valence-corrected chi connectivity index (χ2v) is 2.64. The molecule has 3 heteroatoms. The Kier molecular flexibility index (Phi) is 2.16. The van der Waals surface area contributed by atoms with Crippen molar-refractivity contribution in [3.05, 3.63) is 4.91 Å². The minimum absolute atomic E-state index is 0.0613.